The summed E-state index contributed by atoms with van der Waals surface area (Å²) >= 11 is 0. The summed E-state index contributed by atoms with van der Waals surface area (Å²) in [4.78, 5) is 9.06. The Morgan fingerprint density at radius 1 is 1.83 bits per heavy atom. The van der Waals surface area contributed by atoms with Gasteiger partial charge in [0.15, 0.2) is 0 Å². The summed E-state index contributed by atoms with van der Waals surface area (Å²) in [6, 6.07) is 0. The predicted octanol–water partition coefficient (Wildman–Crippen LogP) is 0.0876. The average Bonchev–Trinajstić information content (AvgIpc) is 1.41. The SMILES string of the molecule is CCO[C-]=O.[Fe]. The fourth-order valence-electron chi connectivity index (χ4n) is 0.0589. The quantitative estimate of drug-likeness (QED) is 0.390. The van der Waals surface area contributed by atoms with Crippen molar-refractivity contribution in [1.29, 1.82) is 0 Å². The van der Waals surface area contributed by atoms with E-state index in [1.54, 1.807) is 6.92 Å². The van der Waals surface area contributed by atoms with Crippen LogP contribution in [0.3, 0.4) is 0 Å². The number of carbonyl (C=O) groups excluding carboxylic acids is 1. The van der Waals surface area contributed by atoms with Crippen molar-refractivity contribution in [3.8, 4) is 0 Å². The van der Waals surface area contributed by atoms with E-state index in [4.69, 9.17) is 4.79 Å². The van der Waals surface area contributed by atoms with Gasteiger partial charge >= 0.3 is 0 Å². The molecule has 0 amide bonds. The van der Waals surface area contributed by atoms with Crippen LogP contribution in [0.5, 0.6) is 0 Å². The van der Waals surface area contributed by atoms with E-state index in [2.05, 4.69) is 4.74 Å². The summed E-state index contributed by atoms with van der Waals surface area (Å²) in [6.45, 7) is 3.41. The molecule has 6 heavy (non-hydrogen) atoms. The normalized spacial score (nSPS) is 5.50. The van der Waals surface area contributed by atoms with Crippen molar-refractivity contribution in [2.45, 2.75) is 6.92 Å². The van der Waals surface area contributed by atoms with Gasteiger partial charge in [-0.1, -0.05) is 6.47 Å². The van der Waals surface area contributed by atoms with Crippen molar-refractivity contribution in [2.24, 2.45) is 0 Å². The van der Waals surface area contributed by atoms with Gasteiger partial charge in [-0.2, -0.15) is 0 Å². The molecule has 0 fully saturated rings. The van der Waals surface area contributed by atoms with Gasteiger partial charge in [-0.3, -0.25) is 0 Å². The van der Waals surface area contributed by atoms with Crippen LogP contribution in [-0.4, -0.2) is 13.1 Å². The molecular weight excluding hydrogens is 124 g/mol. The molecule has 0 aromatic rings. The number of hydrogen-bond acceptors (Lipinski definition) is 2. The van der Waals surface area contributed by atoms with Crippen molar-refractivity contribution < 1.29 is 26.6 Å². The zero-order valence-corrected chi connectivity index (χ0v) is 4.48. The Morgan fingerprint density at radius 2 is 2.33 bits per heavy atom. The molecule has 38 valence electrons. The van der Waals surface area contributed by atoms with E-state index in [1.165, 1.54) is 6.47 Å². The molecule has 0 rings (SSSR count). The first-order valence-corrected chi connectivity index (χ1v) is 1.40. The molecule has 0 N–H and O–H groups in total. The van der Waals surface area contributed by atoms with Crippen LogP contribution in [0.25, 0.3) is 0 Å². The maximum atomic E-state index is 9.06. The van der Waals surface area contributed by atoms with E-state index < -0.39 is 0 Å². The second kappa shape index (κ2) is 8.89. The van der Waals surface area contributed by atoms with E-state index in [0.29, 0.717) is 6.61 Å². The van der Waals surface area contributed by atoms with E-state index in [1.807, 2.05) is 0 Å². The van der Waals surface area contributed by atoms with Crippen LogP contribution in [0.1, 0.15) is 6.92 Å². The van der Waals surface area contributed by atoms with Crippen LogP contribution in [0.2, 0.25) is 0 Å². The summed E-state index contributed by atoms with van der Waals surface area (Å²) in [5, 5.41) is 0. The zero-order chi connectivity index (χ0) is 4.12. The second-order valence-electron chi connectivity index (χ2n) is 0.516. The molecule has 0 aliphatic heterocycles. The van der Waals surface area contributed by atoms with Crippen LogP contribution in [0.15, 0.2) is 0 Å². The molecule has 0 aromatic heterocycles. The van der Waals surface area contributed by atoms with Gasteiger partial charge in [-0.15, -0.1) is 0 Å². The van der Waals surface area contributed by atoms with E-state index in [-0.39, 0.29) is 17.1 Å². The Bertz CT molecular complexity index is 30.0. The summed E-state index contributed by atoms with van der Waals surface area (Å²) in [6.07, 6.45) is 0. The Morgan fingerprint density at radius 3 is 2.33 bits per heavy atom. The molecule has 0 bridgehead atoms. The predicted molar refractivity (Wildman–Crippen MR) is 17.3 cm³/mol. The molecule has 0 unspecified atom stereocenters. The third-order valence-electron chi connectivity index (χ3n) is 0.203. The first-order valence-electron chi connectivity index (χ1n) is 1.40. The van der Waals surface area contributed by atoms with Crippen molar-refractivity contribution in [1.82, 2.24) is 0 Å². The summed E-state index contributed by atoms with van der Waals surface area (Å²) < 4.78 is 4.03. The van der Waals surface area contributed by atoms with Gasteiger partial charge in [0.05, 0.1) is 0 Å². The Kier molecular flexibility index (Phi) is 13.9. The first-order chi connectivity index (χ1) is 2.41. The molecule has 0 atom stereocenters. The molecule has 2 nitrogen and oxygen atoms in total. The van der Waals surface area contributed by atoms with Crippen molar-refractivity contribution >= 4 is 6.47 Å². The van der Waals surface area contributed by atoms with Gasteiger partial charge in [-0.05, 0) is 6.92 Å². The molecule has 0 spiro atoms. The average molecular weight is 129 g/mol. The Balaban J connectivity index is 0. The van der Waals surface area contributed by atoms with Crippen LogP contribution < -0.4 is 0 Å². The van der Waals surface area contributed by atoms with Gasteiger partial charge in [-0.25, -0.2) is 0 Å². The van der Waals surface area contributed by atoms with Crippen LogP contribution in [0.4, 0.5) is 0 Å². The molecule has 0 aliphatic carbocycles. The monoisotopic (exact) mass is 129 g/mol. The van der Waals surface area contributed by atoms with E-state index in [0.717, 1.165) is 0 Å². The van der Waals surface area contributed by atoms with Gasteiger partial charge in [0.25, 0.3) is 0 Å². The minimum atomic E-state index is 0. The molecule has 0 aliphatic rings. The maximum Gasteiger partial charge on any atom is 0.0451 e. The molecule has 0 radical (unpaired) electrons. The van der Waals surface area contributed by atoms with Gasteiger partial charge in [0.1, 0.15) is 0 Å². The van der Waals surface area contributed by atoms with Gasteiger partial charge < -0.3 is 9.53 Å². The molecular formula is C3H5FeO2-. The summed E-state index contributed by atoms with van der Waals surface area (Å²) in [7, 11) is 0. The van der Waals surface area contributed by atoms with Crippen LogP contribution >= 0.6 is 0 Å². The van der Waals surface area contributed by atoms with Crippen molar-refractivity contribution in [2.75, 3.05) is 6.61 Å². The van der Waals surface area contributed by atoms with Gasteiger partial charge in [0, 0.05) is 23.7 Å². The second-order valence-corrected chi connectivity index (χ2v) is 0.516. The number of hydrogen-bond donors (Lipinski definition) is 0. The topological polar surface area (TPSA) is 26.3 Å². The third-order valence-corrected chi connectivity index (χ3v) is 0.203. The Labute approximate surface area is 47.3 Å². The minimum absolute atomic E-state index is 0. The zero-order valence-electron chi connectivity index (χ0n) is 3.38. The molecule has 0 aromatic carbocycles. The number of rotatable bonds is 2. The van der Waals surface area contributed by atoms with Gasteiger partial charge in [0.2, 0.25) is 0 Å². The van der Waals surface area contributed by atoms with Crippen LogP contribution in [-0.2, 0) is 26.6 Å². The van der Waals surface area contributed by atoms with E-state index >= 15 is 0 Å². The van der Waals surface area contributed by atoms with Crippen molar-refractivity contribution in [3.05, 3.63) is 0 Å². The summed E-state index contributed by atoms with van der Waals surface area (Å²) in [5.74, 6) is 0. The van der Waals surface area contributed by atoms with Crippen molar-refractivity contribution in [3.63, 3.8) is 0 Å². The first kappa shape index (κ1) is 9.37. The van der Waals surface area contributed by atoms with Crippen LogP contribution in [0, 0.1) is 0 Å². The summed E-state index contributed by atoms with van der Waals surface area (Å²) in [5.41, 5.74) is 0. The Hall–Kier alpha value is -0.0105. The molecule has 3 heteroatoms. The minimum Gasteiger partial charge on any atom is -0.653 e. The third kappa shape index (κ3) is 9.01. The maximum absolute atomic E-state index is 9.06. The largest absolute Gasteiger partial charge is 0.653 e. The van der Waals surface area contributed by atoms with E-state index in [9.17, 15) is 0 Å². The fraction of sp³-hybridized carbons (Fsp3) is 0.667. The molecule has 0 saturated carbocycles. The fourth-order valence-corrected chi connectivity index (χ4v) is 0.0589. The number of ether oxygens (including phenoxy) is 1. The standard InChI is InChI=1S/C3H5O2.Fe/c1-2-5-3-4;/h2H2,1H3;/q-1;. The molecule has 0 heterocycles. The molecule has 0 saturated heterocycles. The smallest absolute Gasteiger partial charge is 0.0451 e.